The highest BCUT2D eigenvalue weighted by atomic mass is 19.1. The first-order valence-corrected chi connectivity index (χ1v) is 11.7. The molecule has 2 N–H and O–H groups in total. The van der Waals surface area contributed by atoms with Gasteiger partial charge in [-0.3, -0.25) is 9.59 Å². The molecule has 1 unspecified atom stereocenters. The summed E-state index contributed by atoms with van der Waals surface area (Å²) >= 11 is 0. The number of aromatic amines is 1. The summed E-state index contributed by atoms with van der Waals surface area (Å²) in [5.41, 5.74) is 1.39. The highest BCUT2D eigenvalue weighted by Crippen LogP contribution is 2.38. The zero-order valence-electron chi connectivity index (χ0n) is 19.5. The van der Waals surface area contributed by atoms with Crippen LogP contribution in [0, 0.1) is 24.5 Å². The van der Waals surface area contributed by atoms with Gasteiger partial charge in [-0.05, 0) is 56.4 Å². The van der Waals surface area contributed by atoms with E-state index in [0.717, 1.165) is 19.3 Å². The topological polar surface area (TPSA) is 79.8 Å². The van der Waals surface area contributed by atoms with E-state index in [9.17, 15) is 18.4 Å². The standard InChI is InChI=1S/C27H26F2N4O2/c1-15(22-13-30-14-31-22)33-16(2)23(20-10-5-11-21(29)24(20)27(33)35)26(34)32-25(17-6-3-7-17)18-8-4-9-19(28)12-18/h4-5,8-15,17,25H,3,6-7H2,1-2H3,(H,30,31)(H,32,34)/t15?,25-/m0/s1. The number of aromatic nitrogens is 3. The molecule has 2 atom stereocenters. The molecule has 180 valence electrons. The predicted octanol–water partition coefficient (Wildman–Crippen LogP) is 5.19. The zero-order chi connectivity index (χ0) is 24.7. The Kier molecular flexibility index (Phi) is 5.96. The largest absolute Gasteiger partial charge is 0.351 e. The monoisotopic (exact) mass is 476 g/mol. The van der Waals surface area contributed by atoms with Gasteiger partial charge in [-0.1, -0.05) is 30.7 Å². The number of pyridine rings is 1. The summed E-state index contributed by atoms with van der Waals surface area (Å²) in [7, 11) is 0. The summed E-state index contributed by atoms with van der Waals surface area (Å²) in [5.74, 6) is -1.31. The molecule has 0 spiro atoms. The molecular formula is C27H26F2N4O2. The first-order valence-electron chi connectivity index (χ1n) is 11.7. The summed E-state index contributed by atoms with van der Waals surface area (Å²) in [6.07, 6.45) is 6.06. The third-order valence-electron chi connectivity index (χ3n) is 7.12. The average Bonchev–Trinajstić information content (AvgIpc) is 3.32. The van der Waals surface area contributed by atoms with Crippen LogP contribution in [0.1, 0.15) is 65.6 Å². The number of benzene rings is 2. The molecule has 8 heteroatoms. The summed E-state index contributed by atoms with van der Waals surface area (Å²) in [5, 5.41) is 3.20. The van der Waals surface area contributed by atoms with Crippen LogP contribution < -0.4 is 10.9 Å². The molecule has 4 aromatic rings. The highest BCUT2D eigenvalue weighted by molar-refractivity contribution is 6.08. The molecule has 2 heterocycles. The number of nitrogens with zero attached hydrogens (tertiary/aromatic N) is 2. The quantitative estimate of drug-likeness (QED) is 0.402. The molecule has 1 aliphatic rings. The second-order valence-electron chi connectivity index (χ2n) is 9.17. The maximum Gasteiger partial charge on any atom is 0.262 e. The van der Waals surface area contributed by atoms with Crippen molar-refractivity contribution in [3.8, 4) is 0 Å². The van der Waals surface area contributed by atoms with Crippen LogP contribution in [0.15, 0.2) is 59.8 Å². The summed E-state index contributed by atoms with van der Waals surface area (Å²) in [4.78, 5) is 34.4. The van der Waals surface area contributed by atoms with E-state index < -0.39 is 23.3 Å². The minimum absolute atomic E-state index is 0.142. The fraction of sp³-hybridized carbons (Fsp3) is 0.296. The lowest BCUT2D eigenvalue weighted by Gasteiger charge is -2.35. The van der Waals surface area contributed by atoms with Gasteiger partial charge >= 0.3 is 0 Å². The van der Waals surface area contributed by atoms with Gasteiger partial charge in [0.1, 0.15) is 11.6 Å². The van der Waals surface area contributed by atoms with E-state index in [4.69, 9.17) is 0 Å². The minimum Gasteiger partial charge on any atom is -0.351 e. The van der Waals surface area contributed by atoms with Gasteiger partial charge in [0.05, 0.1) is 35.1 Å². The summed E-state index contributed by atoms with van der Waals surface area (Å²) in [6.45, 7) is 3.47. The Bertz CT molecular complexity index is 1460. The van der Waals surface area contributed by atoms with Gasteiger partial charge in [-0.15, -0.1) is 0 Å². The third-order valence-corrected chi connectivity index (χ3v) is 7.12. The van der Waals surface area contributed by atoms with E-state index in [-0.39, 0.29) is 34.1 Å². The van der Waals surface area contributed by atoms with Crippen LogP contribution in [-0.2, 0) is 0 Å². The average molecular weight is 477 g/mol. The van der Waals surface area contributed by atoms with Gasteiger partial charge in [0.25, 0.3) is 11.5 Å². The molecule has 6 nitrogen and oxygen atoms in total. The van der Waals surface area contributed by atoms with Crippen molar-refractivity contribution in [1.29, 1.82) is 0 Å². The molecule has 2 aromatic heterocycles. The van der Waals surface area contributed by atoms with E-state index in [0.29, 0.717) is 17.0 Å². The number of hydrogen-bond acceptors (Lipinski definition) is 3. The molecule has 1 fully saturated rings. The Morgan fingerprint density at radius 1 is 1.20 bits per heavy atom. The second-order valence-corrected chi connectivity index (χ2v) is 9.17. The highest BCUT2D eigenvalue weighted by Gasteiger charge is 2.32. The SMILES string of the molecule is Cc1c(C(=O)N[C@H](c2cccc(F)c2)C2CCC2)c2cccc(F)c2c(=O)n1C(C)c1c[nH]cn1. The molecule has 5 rings (SSSR count). The van der Waals surface area contributed by atoms with Crippen molar-refractivity contribution in [2.45, 2.75) is 45.2 Å². The van der Waals surface area contributed by atoms with Gasteiger partial charge in [0.2, 0.25) is 0 Å². The van der Waals surface area contributed by atoms with Gasteiger partial charge in [0.15, 0.2) is 0 Å². The molecule has 1 saturated carbocycles. The number of rotatable bonds is 6. The van der Waals surface area contributed by atoms with E-state index in [2.05, 4.69) is 15.3 Å². The maximum absolute atomic E-state index is 15.0. The lowest BCUT2D eigenvalue weighted by molar-refractivity contribution is 0.0900. The van der Waals surface area contributed by atoms with Crippen molar-refractivity contribution >= 4 is 16.7 Å². The number of amides is 1. The third kappa shape index (κ3) is 4.03. The molecule has 0 bridgehead atoms. The van der Waals surface area contributed by atoms with E-state index in [1.54, 1.807) is 38.2 Å². The van der Waals surface area contributed by atoms with E-state index >= 15 is 0 Å². The molecule has 1 aliphatic carbocycles. The Morgan fingerprint density at radius 2 is 1.97 bits per heavy atom. The van der Waals surface area contributed by atoms with Gasteiger partial charge in [-0.25, -0.2) is 13.8 Å². The number of carbonyl (C=O) groups excluding carboxylic acids is 1. The van der Waals surface area contributed by atoms with Crippen LogP contribution in [-0.4, -0.2) is 20.4 Å². The maximum atomic E-state index is 15.0. The zero-order valence-corrected chi connectivity index (χ0v) is 19.5. The van der Waals surface area contributed by atoms with Crippen molar-refractivity contribution in [2.24, 2.45) is 5.92 Å². The van der Waals surface area contributed by atoms with Crippen LogP contribution >= 0.6 is 0 Å². The lowest BCUT2D eigenvalue weighted by Crippen LogP contribution is -2.38. The van der Waals surface area contributed by atoms with Crippen molar-refractivity contribution in [3.63, 3.8) is 0 Å². The predicted molar refractivity (Wildman–Crippen MR) is 129 cm³/mol. The summed E-state index contributed by atoms with van der Waals surface area (Å²) < 4.78 is 30.4. The number of carbonyl (C=O) groups is 1. The van der Waals surface area contributed by atoms with Gasteiger partial charge in [0, 0.05) is 17.3 Å². The van der Waals surface area contributed by atoms with E-state index in [1.165, 1.54) is 35.2 Å². The molecule has 35 heavy (non-hydrogen) atoms. The molecule has 2 aromatic carbocycles. The van der Waals surface area contributed by atoms with Crippen LogP contribution in [0.25, 0.3) is 10.8 Å². The number of H-pyrrole nitrogens is 1. The van der Waals surface area contributed by atoms with Gasteiger partial charge in [-0.2, -0.15) is 0 Å². The Balaban J connectivity index is 1.65. The number of imidazole rings is 1. The second kappa shape index (κ2) is 9.09. The fourth-order valence-electron chi connectivity index (χ4n) is 5.08. The first kappa shape index (κ1) is 23.0. The van der Waals surface area contributed by atoms with Crippen LogP contribution in [0.2, 0.25) is 0 Å². The fourth-order valence-corrected chi connectivity index (χ4v) is 5.08. The Labute approximate surface area is 201 Å². The Hall–Kier alpha value is -3.81. The number of hydrogen-bond donors (Lipinski definition) is 2. The molecule has 0 saturated heterocycles. The van der Waals surface area contributed by atoms with Crippen molar-refractivity contribution in [2.75, 3.05) is 0 Å². The minimum atomic E-state index is -0.690. The summed E-state index contributed by atoms with van der Waals surface area (Å²) in [6, 6.07) is 9.62. The molecular weight excluding hydrogens is 450 g/mol. The van der Waals surface area contributed by atoms with Gasteiger partial charge < -0.3 is 14.9 Å². The van der Waals surface area contributed by atoms with Crippen LogP contribution in [0.5, 0.6) is 0 Å². The molecule has 1 amide bonds. The lowest BCUT2D eigenvalue weighted by atomic mass is 9.77. The van der Waals surface area contributed by atoms with Crippen molar-refractivity contribution < 1.29 is 13.6 Å². The number of fused-ring (bicyclic) bond motifs is 1. The molecule has 0 aliphatic heterocycles. The smallest absolute Gasteiger partial charge is 0.262 e. The van der Waals surface area contributed by atoms with Crippen LogP contribution in [0.4, 0.5) is 8.78 Å². The number of nitrogens with one attached hydrogen (secondary N) is 2. The normalized spacial score (nSPS) is 15.5. The van der Waals surface area contributed by atoms with Crippen LogP contribution in [0.3, 0.4) is 0 Å². The van der Waals surface area contributed by atoms with Crippen molar-refractivity contribution in [3.05, 3.63) is 99.5 Å². The Morgan fingerprint density at radius 3 is 2.63 bits per heavy atom. The first-order chi connectivity index (χ1) is 16.9. The molecule has 0 radical (unpaired) electrons. The number of halogens is 2. The van der Waals surface area contributed by atoms with Crippen molar-refractivity contribution in [1.82, 2.24) is 19.9 Å². The van der Waals surface area contributed by atoms with E-state index in [1.807, 2.05) is 0 Å².